The zero-order chi connectivity index (χ0) is 12.7. The van der Waals surface area contributed by atoms with Crippen molar-refractivity contribution in [3.63, 3.8) is 0 Å². The number of ether oxygens (including phenoxy) is 2. The van der Waals surface area contributed by atoms with Crippen LogP contribution < -0.4 is 10.1 Å². The van der Waals surface area contributed by atoms with Crippen molar-refractivity contribution in [1.82, 2.24) is 5.32 Å². The van der Waals surface area contributed by atoms with Crippen molar-refractivity contribution < 1.29 is 9.47 Å². The monoisotopic (exact) mass is 301 g/mol. The van der Waals surface area contributed by atoms with E-state index in [2.05, 4.69) is 40.3 Å². The fourth-order valence-corrected chi connectivity index (χ4v) is 2.39. The number of hydrogen-bond donors (Lipinski definition) is 1. The highest BCUT2D eigenvalue weighted by atomic mass is 79.9. The summed E-state index contributed by atoms with van der Waals surface area (Å²) < 4.78 is 11.4. The summed E-state index contributed by atoms with van der Waals surface area (Å²) in [6, 6.07) is 6.52. The Balaban J connectivity index is 2.68. The normalized spacial score (nSPS) is 12.5. The molecule has 17 heavy (non-hydrogen) atoms. The van der Waals surface area contributed by atoms with Gasteiger partial charge in [-0.15, -0.1) is 0 Å². The van der Waals surface area contributed by atoms with Gasteiger partial charge in [-0.2, -0.15) is 0 Å². The first kappa shape index (κ1) is 14.5. The van der Waals surface area contributed by atoms with Crippen molar-refractivity contribution in [2.75, 3.05) is 27.4 Å². The summed E-state index contributed by atoms with van der Waals surface area (Å²) >= 11 is 3.50. The van der Waals surface area contributed by atoms with Crippen molar-refractivity contribution >= 4 is 15.9 Å². The smallest absolute Gasteiger partial charge is 0.133 e. The molecule has 4 heteroatoms. The average molecular weight is 302 g/mol. The molecule has 0 bridgehead atoms. The van der Waals surface area contributed by atoms with Crippen LogP contribution >= 0.6 is 15.9 Å². The third-order valence-corrected chi connectivity index (χ3v) is 3.18. The zero-order valence-electron chi connectivity index (χ0n) is 10.6. The summed E-state index contributed by atoms with van der Waals surface area (Å²) in [6.07, 6.45) is 0.949. The first-order valence-electron chi connectivity index (χ1n) is 5.76. The molecule has 1 rings (SSSR count). The molecule has 1 atom stereocenters. The molecule has 0 amide bonds. The second-order valence-corrected chi connectivity index (χ2v) is 4.74. The number of likely N-dealkylation sites (N-methyl/N-ethyl adjacent to an activating group) is 1. The predicted octanol–water partition coefficient (Wildman–Crippen LogP) is 2.62. The third kappa shape index (κ3) is 4.66. The molecule has 0 fully saturated rings. The topological polar surface area (TPSA) is 30.5 Å². The molecule has 1 N–H and O–H groups in total. The van der Waals surface area contributed by atoms with Crippen LogP contribution in [0, 0.1) is 0 Å². The van der Waals surface area contributed by atoms with E-state index in [1.165, 1.54) is 5.56 Å². The van der Waals surface area contributed by atoms with E-state index in [9.17, 15) is 0 Å². The lowest BCUT2D eigenvalue weighted by atomic mass is 10.1. The van der Waals surface area contributed by atoms with Gasteiger partial charge in [-0.1, -0.05) is 13.0 Å². The SMILES string of the molecule is CCNC(COC)Cc1ccc(OC)c(Br)c1. The van der Waals surface area contributed by atoms with Crippen LogP contribution in [-0.4, -0.2) is 33.4 Å². The van der Waals surface area contributed by atoms with E-state index in [1.54, 1.807) is 14.2 Å². The van der Waals surface area contributed by atoms with Gasteiger partial charge in [0.25, 0.3) is 0 Å². The zero-order valence-corrected chi connectivity index (χ0v) is 12.2. The standard InChI is InChI=1S/C13H20BrNO2/c1-4-15-11(9-16-2)7-10-5-6-13(17-3)12(14)8-10/h5-6,8,11,15H,4,7,9H2,1-3H3. The Kier molecular flexibility index (Phi) is 6.55. The van der Waals surface area contributed by atoms with Crippen LogP contribution in [0.5, 0.6) is 5.75 Å². The fraction of sp³-hybridized carbons (Fsp3) is 0.538. The number of halogens is 1. The first-order chi connectivity index (χ1) is 8.21. The fourth-order valence-electron chi connectivity index (χ4n) is 1.80. The van der Waals surface area contributed by atoms with E-state index in [0.717, 1.165) is 29.8 Å². The molecule has 0 saturated carbocycles. The molecular weight excluding hydrogens is 282 g/mol. The second-order valence-electron chi connectivity index (χ2n) is 3.88. The Morgan fingerprint density at radius 2 is 2.12 bits per heavy atom. The van der Waals surface area contributed by atoms with E-state index in [1.807, 2.05) is 6.07 Å². The highest BCUT2D eigenvalue weighted by molar-refractivity contribution is 9.10. The van der Waals surface area contributed by atoms with Crippen LogP contribution in [0.3, 0.4) is 0 Å². The van der Waals surface area contributed by atoms with Gasteiger partial charge in [0, 0.05) is 13.2 Å². The van der Waals surface area contributed by atoms with Gasteiger partial charge in [0.1, 0.15) is 5.75 Å². The van der Waals surface area contributed by atoms with Crippen molar-refractivity contribution in [3.8, 4) is 5.75 Å². The van der Waals surface area contributed by atoms with E-state index >= 15 is 0 Å². The molecule has 1 unspecified atom stereocenters. The van der Waals surface area contributed by atoms with Crippen LogP contribution in [0.4, 0.5) is 0 Å². The van der Waals surface area contributed by atoms with Crippen LogP contribution in [0.15, 0.2) is 22.7 Å². The van der Waals surface area contributed by atoms with Crippen LogP contribution in [0.1, 0.15) is 12.5 Å². The number of rotatable bonds is 7. The van der Waals surface area contributed by atoms with Crippen molar-refractivity contribution in [2.24, 2.45) is 0 Å². The van der Waals surface area contributed by atoms with Gasteiger partial charge in [0.05, 0.1) is 18.2 Å². The van der Waals surface area contributed by atoms with Crippen LogP contribution in [-0.2, 0) is 11.2 Å². The molecule has 0 radical (unpaired) electrons. The molecule has 0 aliphatic rings. The quantitative estimate of drug-likeness (QED) is 0.840. The molecule has 0 aromatic heterocycles. The number of benzene rings is 1. The van der Waals surface area contributed by atoms with E-state index in [4.69, 9.17) is 9.47 Å². The maximum atomic E-state index is 5.21. The Hall–Kier alpha value is -0.580. The Labute approximate surface area is 112 Å². The van der Waals surface area contributed by atoms with Gasteiger partial charge in [-0.25, -0.2) is 0 Å². The molecule has 1 aromatic rings. The lowest BCUT2D eigenvalue weighted by Gasteiger charge is -2.17. The van der Waals surface area contributed by atoms with Gasteiger partial charge in [0.15, 0.2) is 0 Å². The summed E-state index contributed by atoms with van der Waals surface area (Å²) in [5, 5.41) is 3.41. The molecule has 0 heterocycles. The highest BCUT2D eigenvalue weighted by Crippen LogP contribution is 2.25. The second kappa shape index (κ2) is 7.69. The summed E-state index contributed by atoms with van der Waals surface area (Å²) in [6.45, 7) is 3.77. The molecule has 3 nitrogen and oxygen atoms in total. The third-order valence-electron chi connectivity index (χ3n) is 2.56. The Bertz CT molecular complexity index is 338. The maximum absolute atomic E-state index is 5.21. The average Bonchev–Trinajstić information content (AvgIpc) is 2.30. The molecule has 0 spiro atoms. The maximum Gasteiger partial charge on any atom is 0.133 e. The lowest BCUT2D eigenvalue weighted by molar-refractivity contribution is 0.167. The Morgan fingerprint density at radius 3 is 2.65 bits per heavy atom. The lowest BCUT2D eigenvalue weighted by Crippen LogP contribution is -2.34. The summed E-state index contributed by atoms with van der Waals surface area (Å²) in [4.78, 5) is 0. The van der Waals surface area contributed by atoms with Gasteiger partial charge >= 0.3 is 0 Å². The largest absolute Gasteiger partial charge is 0.496 e. The van der Waals surface area contributed by atoms with Crippen LogP contribution in [0.25, 0.3) is 0 Å². The van der Waals surface area contributed by atoms with Crippen LogP contribution in [0.2, 0.25) is 0 Å². The van der Waals surface area contributed by atoms with Crippen molar-refractivity contribution in [2.45, 2.75) is 19.4 Å². The van der Waals surface area contributed by atoms with Gasteiger partial charge in [0.2, 0.25) is 0 Å². The van der Waals surface area contributed by atoms with E-state index < -0.39 is 0 Å². The highest BCUT2D eigenvalue weighted by Gasteiger charge is 2.09. The first-order valence-corrected chi connectivity index (χ1v) is 6.55. The minimum atomic E-state index is 0.352. The predicted molar refractivity (Wildman–Crippen MR) is 73.7 cm³/mol. The molecule has 1 aromatic carbocycles. The number of hydrogen-bond acceptors (Lipinski definition) is 3. The number of methoxy groups -OCH3 is 2. The molecule has 0 aliphatic heterocycles. The Morgan fingerprint density at radius 1 is 1.35 bits per heavy atom. The van der Waals surface area contributed by atoms with Crippen molar-refractivity contribution in [3.05, 3.63) is 28.2 Å². The summed E-state index contributed by atoms with van der Waals surface area (Å²) in [5.41, 5.74) is 1.26. The van der Waals surface area contributed by atoms with E-state index in [-0.39, 0.29) is 0 Å². The molecular formula is C13H20BrNO2. The van der Waals surface area contributed by atoms with Gasteiger partial charge in [-0.05, 0) is 46.6 Å². The summed E-state index contributed by atoms with van der Waals surface area (Å²) in [7, 11) is 3.40. The number of nitrogens with one attached hydrogen (secondary N) is 1. The molecule has 0 aliphatic carbocycles. The minimum Gasteiger partial charge on any atom is -0.496 e. The molecule has 96 valence electrons. The minimum absolute atomic E-state index is 0.352. The summed E-state index contributed by atoms with van der Waals surface area (Å²) in [5.74, 6) is 0.862. The van der Waals surface area contributed by atoms with Gasteiger partial charge < -0.3 is 14.8 Å². The van der Waals surface area contributed by atoms with Crippen molar-refractivity contribution in [1.29, 1.82) is 0 Å². The van der Waals surface area contributed by atoms with Gasteiger partial charge in [-0.3, -0.25) is 0 Å². The molecule has 0 saturated heterocycles. The van der Waals surface area contributed by atoms with E-state index in [0.29, 0.717) is 6.04 Å².